The normalized spacial score (nSPS) is 18.7. The molecule has 0 aromatic rings. The van der Waals surface area contributed by atoms with Crippen LogP contribution < -0.4 is 5.32 Å². The minimum Gasteiger partial charge on any atom is -0.394 e. The van der Waals surface area contributed by atoms with Gasteiger partial charge in [-0.05, 0) is 103 Å². The van der Waals surface area contributed by atoms with Gasteiger partial charge >= 0.3 is 0 Å². The van der Waals surface area contributed by atoms with E-state index in [1.165, 1.54) is 148 Å². The van der Waals surface area contributed by atoms with Crippen LogP contribution >= 0.6 is 0 Å². The van der Waals surface area contributed by atoms with E-state index < -0.39 is 49.5 Å². The molecule has 0 saturated carbocycles. The maximum absolute atomic E-state index is 13.2. The highest BCUT2D eigenvalue weighted by atomic mass is 16.7. The molecule has 1 amide bonds. The number of amides is 1. The summed E-state index contributed by atoms with van der Waals surface area (Å²) < 4.78 is 11.4. The second-order valence-electron chi connectivity index (χ2n) is 25.0. The number of carbonyl (C=O) groups excluding carboxylic acids is 1. The number of rotatable bonds is 63. The summed E-state index contributed by atoms with van der Waals surface area (Å²) in [5.41, 5.74) is 0. The number of unbranched alkanes of at least 4 members (excludes halogenated alkanes) is 29. The molecule has 0 spiro atoms. The molecule has 6 N–H and O–H groups in total. The van der Waals surface area contributed by atoms with Crippen LogP contribution in [-0.4, -0.2) is 87.5 Å². The molecule has 0 bridgehead atoms. The fourth-order valence-electron chi connectivity index (χ4n) is 11.0. The number of carbonyl (C=O) groups is 1. The number of hydrogen-bond donors (Lipinski definition) is 6. The van der Waals surface area contributed by atoms with Crippen molar-refractivity contribution < 1.29 is 39.8 Å². The monoisotopic (exact) mass is 1250 g/mol. The lowest BCUT2D eigenvalue weighted by molar-refractivity contribution is -0.302. The van der Waals surface area contributed by atoms with Gasteiger partial charge in [-0.25, -0.2) is 0 Å². The van der Waals surface area contributed by atoms with Crippen LogP contribution in [-0.2, 0) is 14.3 Å². The molecule has 90 heavy (non-hydrogen) atoms. The summed E-state index contributed by atoms with van der Waals surface area (Å²) in [5, 5.41) is 55.0. The minimum absolute atomic E-state index is 0.156. The van der Waals surface area contributed by atoms with E-state index >= 15 is 0 Å². The standard InChI is InChI=1S/C81H137NO8/c1-3-5-7-9-11-13-15-17-19-21-23-25-27-29-31-32-33-34-35-36-37-38-39-40-41-42-43-44-45-47-49-51-53-55-57-59-61-63-65-67-69-71-77(85)82-74(73-89-81-80(88)79(87)78(86)76(72-83)90-81)75(84)70-68-66-64-62-60-58-56-54-52-50-48-46-30-28-26-24-22-20-18-16-14-12-10-8-6-4-2/h5,7,11,13,17,19,23,25,29,31,33-34,36-37,39-40,42-43,45,47,51,53,57,59,74-76,78-81,83-84,86-88H,3-4,6,8-10,12,14-16,18,20-22,24,26-28,30,32,35,38,41,44,46,48-50,52,54-56,58,60-73H2,1-2H3,(H,82,85)/b7-5-,13-11-,19-17-,25-23-,31-29-,34-33-,37-36-,40-39-,43-42-,47-45-,53-51-,59-57-. The van der Waals surface area contributed by atoms with Gasteiger partial charge in [0, 0.05) is 6.42 Å². The van der Waals surface area contributed by atoms with Crippen molar-refractivity contribution in [2.24, 2.45) is 0 Å². The summed E-state index contributed by atoms with van der Waals surface area (Å²) >= 11 is 0. The highest BCUT2D eigenvalue weighted by Gasteiger charge is 2.44. The van der Waals surface area contributed by atoms with Gasteiger partial charge < -0.3 is 40.3 Å². The SMILES string of the molecule is CC/C=C\C/C=C\C/C=C\C/C=C\C/C=C\C/C=C\C/C=C\C/C=C\C/C=C\C/C=C\C/C=C\C/C=C\CCCCCCC(=O)NC(COC1OC(CO)C(O)C(O)C1O)C(O)CCCCCCCCCCCCCCCCCCCCCCCCCCCC. The Morgan fingerprint density at radius 3 is 1.02 bits per heavy atom. The zero-order chi connectivity index (χ0) is 64.9. The predicted molar refractivity (Wildman–Crippen MR) is 386 cm³/mol. The predicted octanol–water partition coefficient (Wildman–Crippen LogP) is 20.9. The molecule has 1 aliphatic rings. The molecule has 1 saturated heterocycles. The number of allylic oxidation sites excluding steroid dienone is 24. The lowest BCUT2D eigenvalue weighted by Gasteiger charge is -2.40. The highest BCUT2D eigenvalue weighted by molar-refractivity contribution is 5.76. The third-order valence-electron chi connectivity index (χ3n) is 16.7. The van der Waals surface area contributed by atoms with Crippen molar-refractivity contribution in [2.75, 3.05) is 13.2 Å². The van der Waals surface area contributed by atoms with Crippen LogP contribution in [0.5, 0.6) is 0 Å². The van der Waals surface area contributed by atoms with Crippen molar-refractivity contribution in [3.63, 3.8) is 0 Å². The van der Waals surface area contributed by atoms with Crippen LogP contribution in [0.4, 0.5) is 0 Å². The minimum atomic E-state index is -1.57. The molecule has 1 aliphatic heterocycles. The Morgan fingerprint density at radius 1 is 0.389 bits per heavy atom. The zero-order valence-corrected chi connectivity index (χ0v) is 57.6. The van der Waals surface area contributed by atoms with Gasteiger partial charge in [-0.15, -0.1) is 0 Å². The summed E-state index contributed by atoms with van der Waals surface area (Å²) in [5.74, 6) is -0.171. The van der Waals surface area contributed by atoms with E-state index in [-0.39, 0.29) is 12.5 Å². The van der Waals surface area contributed by atoms with Gasteiger partial charge in [-0.1, -0.05) is 339 Å². The lowest BCUT2D eigenvalue weighted by atomic mass is 9.99. The van der Waals surface area contributed by atoms with Crippen LogP contribution in [0.3, 0.4) is 0 Å². The molecule has 0 aliphatic carbocycles. The van der Waals surface area contributed by atoms with Crippen molar-refractivity contribution in [1.29, 1.82) is 0 Å². The zero-order valence-electron chi connectivity index (χ0n) is 57.6. The first-order valence-corrected chi connectivity index (χ1v) is 37.0. The van der Waals surface area contributed by atoms with E-state index in [2.05, 4.69) is 165 Å². The van der Waals surface area contributed by atoms with E-state index in [9.17, 15) is 30.3 Å². The average Bonchev–Trinajstić information content (AvgIpc) is 1.28. The molecule has 514 valence electrons. The fraction of sp³-hybridized carbons (Fsp3) is 0.691. The highest BCUT2D eigenvalue weighted by Crippen LogP contribution is 2.23. The van der Waals surface area contributed by atoms with Gasteiger partial charge in [-0.2, -0.15) is 0 Å². The molecule has 0 aromatic heterocycles. The number of nitrogens with one attached hydrogen (secondary N) is 1. The summed E-state index contributed by atoms with van der Waals surface area (Å²) in [7, 11) is 0. The number of ether oxygens (including phenoxy) is 2. The van der Waals surface area contributed by atoms with Crippen LogP contribution in [0, 0.1) is 0 Å². The Morgan fingerprint density at radius 2 is 0.689 bits per heavy atom. The van der Waals surface area contributed by atoms with E-state index in [0.717, 1.165) is 128 Å². The number of aliphatic hydroxyl groups is 5. The number of hydrogen-bond acceptors (Lipinski definition) is 8. The summed E-state index contributed by atoms with van der Waals surface area (Å²) in [4.78, 5) is 13.2. The third-order valence-corrected chi connectivity index (χ3v) is 16.7. The third kappa shape index (κ3) is 55.7. The van der Waals surface area contributed by atoms with Crippen molar-refractivity contribution in [1.82, 2.24) is 5.32 Å². The van der Waals surface area contributed by atoms with Gasteiger partial charge in [0.05, 0.1) is 25.4 Å². The summed E-state index contributed by atoms with van der Waals surface area (Å²) in [6.07, 6.45) is 97.7. The molecule has 9 nitrogen and oxygen atoms in total. The maximum atomic E-state index is 13.2. The van der Waals surface area contributed by atoms with Crippen molar-refractivity contribution >= 4 is 5.91 Å². The fourth-order valence-corrected chi connectivity index (χ4v) is 11.0. The summed E-state index contributed by atoms with van der Waals surface area (Å²) in [6, 6.07) is -0.746. The van der Waals surface area contributed by atoms with Crippen LogP contribution in [0.2, 0.25) is 0 Å². The molecule has 7 unspecified atom stereocenters. The Kier molecular flexibility index (Phi) is 63.5. The Bertz CT molecular complexity index is 1940. The molecule has 0 radical (unpaired) electrons. The molecule has 7 atom stereocenters. The van der Waals surface area contributed by atoms with Gasteiger partial charge in [0.25, 0.3) is 0 Å². The van der Waals surface area contributed by atoms with E-state index in [0.29, 0.717) is 12.8 Å². The molecular weight excluding hydrogens is 1110 g/mol. The van der Waals surface area contributed by atoms with Crippen LogP contribution in [0.25, 0.3) is 0 Å². The van der Waals surface area contributed by atoms with Gasteiger partial charge in [-0.3, -0.25) is 4.79 Å². The summed E-state index contributed by atoms with van der Waals surface area (Å²) in [6.45, 7) is 3.73. The smallest absolute Gasteiger partial charge is 0.220 e. The second-order valence-corrected chi connectivity index (χ2v) is 25.0. The number of aliphatic hydroxyl groups excluding tert-OH is 5. The lowest BCUT2D eigenvalue weighted by Crippen LogP contribution is -2.60. The van der Waals surface area contributed by atoms with E-state index in [1.54, 1.807) is 0 Å². The van der Waals surface area contributed by atoms with Crippen LogP contribution in [0.15, 0.2) is 146 Å². The molecule has 1 rings (SSSR count). The first-order chi connectivity index (χ1) is 44.3. The van der Waals surface area contributed by atoms with Crippen molar-refractivity contribution in [2.45, 2.75) is 346 Å². The van der Waals surface area contributed by atoms with Gasteiger partial charge in [0.15, 0.2) is 6.29 Å². The van der Waals surface area contributed by atoms with Crippen LogP contribution in [0.1, 0.15) is 303 Å². The quantitative estimate of drug-likeness (QED) is 0.0261. The molecule has 9 heteroatoms. The van der Waals surface area contributed by atoms with Gasteiger partial charge in [0.1, 0.15) is 24.4 Å². The average molecular weight is 1250 g/mol. The van der Waals surface area contributed by atoms with E-state index in [4.69, 9.17) is 9.47 Å². The maximum Gasteiger partial charge on any atom is 0.220 e. The molecule has 1 fully saturated rings. The Balaban J connectivity index is 2.16. The van der Waals surface area contributed by atoms with Crippen molar-refractivity contribution in [3.05, 3.63) is 146 Å². The Labute approximate surface area is 553 Å². The first kappa shape index (κ1) is 84.1. The second kappa shape index (κ2) is 67.9. The largest absolute Gasteiger partial charge is 0.394 e. The van der Waals surface area contributed by atoms with Crippen molar-refractivity contribution in [3.8, 4) is 0 Å². The molecular formula is C81H137NO8. The topological polar surface area (TPSA) is 149 Å². The Hall–Kier alpha value is -3.93. The van der Waals surface area contributed by atoms with Gasteiger partial charge in [0.2, 0.25) is 5.91 Å². The first-order valence-electron chi connectivity index (χ1n) is 37.0. The molecule has 1 heterocycles. The van der Waals surface area contributed by atoms with E-state index in [1.807, 2.05) is 0 Å². The molecule has 0 aromatic carbocycles.